The second kappa shape index (κ2) is 7.24. The van der Waals surface area contributed by atoms with Crippen molar-refractivity contribution >= 4 is 11.9 Å². The van der Waals surface area contributed by atoms with Crippen molar-refractivity contribution in [2.75, 3.05) is 0 Å². The first-order valence-corrected chi connectivity index (χ1v) is 7.29. The molecule has 0 N–H and O–H groups in total. The van der Waals surface area contributed by atoms with Crippen molar-refractivity contribution in [3.63, 3.8) is 0 Å². The molecule has 0 bridgehead atoms. The predicted molar refractivity (Wildman–Crippen MR) is 88.1 cm³/mol. The Bertz CT molecular complexity index is 769. The molecule has 3 aromatic rings. The lowest BCUT2D eigenvalue weighted by Gasteiger charge is -2.10. The fourth-order valence-corrected chi connectivity index (χ4v) is 2.03. The lowest BCUT2D eigenvalue weighted by atomic mass is 10.2. The van der Waals surface area contributed by atoms with Crippen LogP contribution in [0.4, 0.5) is 0 Å². The second-order valence-electron chi connectivity index (χ2n) is 4.87. The SMILES string of the molecule is O=C(Oc1[c]cccc1OC(=O)c1ccccc1)c1ccccc1. The Labute approximate surface area is 139 Å². The van der Waals surface area contributed by atoms with E-state index >= 15 is 0 Å². The first-order valence-electron chi connectivity index (χ1n) is 7.29. The van der Waals surface area contributed by atoms with Crippen molar-refractivity contribution in [3.05, 3.63) is 96.1 Å². The number of ether oxygens (including phenoxy) is 2. The van der Waals surface area contributed by atoms with Crippen LogP contribution in [-0.2, 0) is 0 Å². The topological polar surface area (TPSA) is 52.6 Å². The van der Waals surface area contributed by atoms with Gasteiger partial charge in [0, 0.05) is 6.07 Å². The molecule has 24 heavy (non-hydrogen) atoms. The molecule has 0 saturated heterocycles. The number of benzene rings is 3. The highest BCUT2D eigenvalue weighted by molar-refractivity contribution is 5.93. The lowest BCUT2D eigenvalue weighted by Crippen LogP contribution is -2.12. The Kier molecular flexibility index (Phi) is 4.68. The van der Waals surface area contributed by atoms with Gasteiger partial charge in [-0.05, 0) is 30.3 Å². The maximum atomic E-state index is 12.1. The summed E-state index contributed by atoms with van der Waals surface area (Å²) in [5, 5.41) is 0. The minimum Gasteiger partial charge on any atom is -0.419 e. The zero-order valence-electron chi connectivity index (χ0n) is 12.6. The molecule has 0 aliphatic carbocycles. The smallest absolute Gasteiger partial charge is 0.343 e. The number of rotatable bonds is 4. The molecule has 3 aromatic carbocycles. The summed E-state index contributed by atoms with van der Waals surface area (Å²) in [5.74, 6) is -0.881. The van der Waals surface area contributed by atoms with Crippen LogP contribution in [0.25, 0.3) is 0 Å². The van der Waals surface area contributed by atoms with Crippen LogP contribution in [0.15, 0.2) is 78.9 Å². The molecule has 0 aromatic heterocycles. The van der Waals surface area contributed by atoms with Gasteiger partial charge in [-0.25, -0.2) is 9.59 Å². The van der Waals surface area contributed by atoms with E-state index in [1.807, 2.05) is 0 Å². The maximum absolute atomic E-state index is 12.1. The van der Waals surface area contributed by atoms with Gasteiger partial charge in [0.25, 0.3) is 0 Å². The van der Waals surface area contributed by atoms with Gasteiger partial charge in [-0.15, -0.1) is 0 Å². The molecule has 0 atom stereocenters. The average molecular weight is 317 g/mol. The monoisotopic (exact) mass is 317 g/mol. The van der Waals surface area contributed by atoms with Crippen molar-refractivity contribution in [3.8, 4) is 11.5 Å². The summed E-state index contributed by atoms with van der Waals surface area (Å²) in [7, 11) is 0. The number of hydrogen-bond donors (Lipinski definition) is 0. The fraction of sp³-hybridized carbons (Fsp3) is 0. The highest BCUT2D eigenvalue weighted by Crippen LogP contribution is 2.27. The van der Waals surface area contributed by atoms with E-state index in [1.54, 1.807) is 78.9 Å². The molecule has 0 spiro atoms. The molecule has 1 radical (unpaired) electrons. The van der Waals surface area contributed by atoms with Crippen LogP contribution < -0.4 is 9.47 Å². The van der Waals surface area contributed by atoms with Crippen molar-refractivity contribution in [1.82, 2.24) is 0 Å². The predicted octanol–water partition coefficient (Wildman–Crippen LogP) is 3.93. The molecule has 0 aliphatic rings. The molecule has 0 heterocycles. The van der Waals surface area contributed by atoms with Gasteiger partial charge in [-0.3, -0.25) is 0 Å². The van der Waals surface area contributed by atoms with Crippen LogP contribution in [-0.4, -0.2) is 11.9 Å². The molecule has 0 unspecified atom stereocenters. The molecule has 4 heteroatoms. The zero-order valence-corrected chi connectivity index (χ0v) is 12.6. The van der Waals surface area contributed by atoms with E-state index in [4.69, 9.17) is 9.47 Å². The number of carbonyl (C=O) groups excluding carboxylic acids is 2. The zero-order chi connectivity index (χ0) is 16.8. The van der Waals surface area contributed by atoms with Crippen LogP contribution in [0.1, 0.15) is 20.7 Å². The Balaban J connectivity index is 1.78. The van der Waals surface area contributed by atoms with E-state index < -0.39 is 11.9 Å². The van der Waals surface area contributed by atoms with E-state index in [9.17, 15) is 9.59 Å². The van der Waals surface area contributed by atoms with E-state index in [0.29, 0.717) is 11.1 Å². The quantitative estimate of drug-likeness (QED) is 0.540. The molecule has 0 fully saturated rings. The normalized spacial score (nSPS) is 10.0. The van der Waals surface area contributed by atoms with Gasteiger partial charge in [0.05, 0.1) is 11.1 Å². The van der Waals surface area contributed by atoms with Crippen LogP contribution in [0, 0.1) is 6.07 Å². The van der Waals surface area contributed by atoms with Crippen LogP contribution in [0.3, 0.4) is 0 Å². The third kappa shape index (κ3) is 3.67. The lowest BCUT2D eigenvalue weighted by molar-refractivity contribution is 0.0682. The van der Waals surface area contributed by atoms with Crippen molar-refractivity contribution in [1.29, 1.82) is 0 Å². The van der Waals surface area contributed by atoms with E-state index in [1.165, 1.54) is 0 Å². The third-order valence-corrected chi connectivity index (χ3v) is 3.20. The van der Waals surface area contributed by atoms with Gasteiger partial charge in [0.1, 0.15) is 0 Å². The van der Waals surface area contributed by atoms with Crippen molar-refractivity contribution in [2.24, 2.45) is 0 Å². The summed E-state index contributed by atoms with van der Waals surface area (Å²) < 4.78 is 10.6. The Hall–Kier alpha value is -3.40. The first kappa shape index (κ1) is 15.5. The number of carbonyl (C=O) groups is 2. The molecule has 0 amide bonds. The average Bonchev–Trinajstić information content (AvgIpc) is 2.64. The number of esters is 2. The molecule has 3 rings (SSSR count). The summed E-state index contributed by atoms with van der Waals surface area (Å²) in [5.41, 5.74) is 0.803. The maximum Gasteiger partial charge on any atom is 0.343 e. The minimum atomic E-state index is -0.546. The van der Waals surface area contributed by atoms with Crippen molar-refractivity contribution in [2.45, 2.75) is 0 Å². The van der Waals surface area contributed by atoms with Gasteiger partial charge in [0.15, 0.2) is 11.5 Å². The fourth-order valence-electron chi connectivity index (χ4n) is 2.03. The van der Waals surface area contributed by atoms with Gasteiger partial charge in [0.2, 0.25) is 0 Å². The van der Waals surface area contributed by atoms with Gasteiger partial charge < -0.3 is 9.47 Å². The van der Waals surface area contributed by atoms with Crippen LogP contribution in [0.5, 0.6) is 11.5 Å². The molecular weight excluding hydrogens is 304 g/mol. The summed E-state index contributed by atoms with van der Waals surface area (Å²) in [6, 6.07) is 24.7. The van der Waals surface area contributed by atoms with Gasteiger partial charge >= 0.3 is 11.9 Å². The first-order chi connectivity index (χ1) is 11.7. The highest BCUT2D eigenvalue weighted by Gasteiger charge is 2.15. The Morgan fingerprint density at radius 3 is 1.79 bits per heavy atom. The summed E-state index contributed by atoms with van der Waals surface area (Å²) in [4.78, 5) is 24.3. The van der Waals surface area contributed by atoms with E-state index in [0.717, 1.165) is 0 Å². The molecule has 117 valence electrons. The summed E-state index contributed by atoms with van der Waals surface area (Å²) in [6.07, 6.45) is 0. The van der Waals surface area contributed by atoms with E-state index in [-0.39, 0.29) is 11.5 Å². The summed E-state index contributed by atoms with van der Waals surface area (Å²) >= 11 is 0. The summed E-state index contributed by atoms with van der Waals surface area (Å²) in [6.45, 7) is 0. The van der Waals surface area contributed by atoms with E-state index in [2.05, 4.69) is 6.07 Å². The van der Waals surface area contributed by atoms with Crippen molar-refractivity contribution < 1.29 is 19.1 Å². The Morgan fingerprint density at radius 1 is 0.667 bits per heavy atom. The van der Waals surface area contributed by atoms with Crippen LogP contribution in [0.2, 0.25) is 0 Å². The molecular formula is C20H13O4. The molecule has 0 aliphatic heterocycles. The van der Waals surface area contributed by atoms with Gasteiger partial charge in [-0.1, -0.05) is 48.5 Å². The molecule has 0 saturated carbocycles. The third-order valence-electron chi connectivity index (χ3n) is 3.20. The number of para-hydroxylation sites is 1. The Morgan fingerprint density at radius 2 is 1.21 bits per heavy atom. The minimum absolute atomic E-state index is 0.0654. The number of hydrogen-bond acceptors (Lipinski definition) is 4. The van der Waals surface area contributed by atoms with Gasteiger partial charge in [-0.2, -0.15) is 0 Å². The largest absolute Gasteiger partial charge is 0.419 e. The second-order valence-corrected chi connectivity index (χ2v) is 4.87. The molecule has 4 nitrogen and oxygen atoms in total. The van der Waals surface area contributed by atoms with Crippen LogP contribution >= 0.6 is 0 Å². The highest BCUT2D eigenvalue weighted by atomic mass is 16.6. The standard InChI is InChI=1S/C20H13O4/c21-19(15-9-3-1-4-10-15)23-17-13-7-8-14-18(17)24-20(22)16-11-5-2-6-12-16/h1-13H.